The van der Waals surface area contributed by atoms with Gasteiger partial charge in [-0.1, -0.05) is 48.5 Å². The first kappa shape index (κ1) is 14.9. The highest BCUT2D eigenvalue weighted by Gasteiger charge is 2.61. The zero-order valence-electron chi connectivity index (χ0n) is 13.6. The van der Waals surface area contributed by atoms with Crippen molar-refractivity contribution in [1.29, 1.82) is 0 Å². The fraction of sp³-hybridized carbons (Fsp3) is 0.300. The van der Waals surface area contributed by atoms with Gasteiger partial charge in [-0.05, 0) is 16.7 Å². The SMILES string of the molecule is CC(=O)O[C@@H]1c2ccccc2C[C@]2(OC(C)=O)c3ccccc3[C@H]12. The highest BCUT2D eigenvalue weighted by atomic mass is 16.6. The zero-order valence-corrected chi connectivity index (χ0v) is 13.6. The Hall–Kier alpha value is -2.62. The van der Waals surface area contributed by atoms with Crippen LogP contribution < -0.4 is 0 Å². The second kappa shape index (κ2) is 5.20. The molecule has 2 aromatic carbocycles. The van der Waals surface area contributed by atoms with Gasteiger partial charge in [0.2, 0.25) is 0 Å². The summed E-state index contributed by atoms with van der Waals surface area (Å²) < 4.78 is 11.5. The molecule has 4 heteroatoms. The van der Waals surface area contributed by atoms with Crippen LogP contribution in [0.1, 0.15) is 48.1 Å². The van der Waals surface area contributed by atoms with Crippen LogP contribution in [0.15, 0.2) is 48.5 Å². The third-order valence-electron chi connectivity index (χ3n) is 4.99. The molecule has 122 valence electrons. The van der Waals surface area contributed by atoms with Crippen molar-refractivity contribution in [3.05, 3.63) is 70.8 Å². The van der Waals surface area contributed by atoms with Gasteiger partial charge in [-0.3, -0.25) is 9.59 Å². The van der Waals surface area contributed by atoms with Crippen molar-refractivity contribution in [2.45, 2.75) is 37.9 Å². The van der Waals surface area contributed by atoms with Crippen molar-refractivity contribution < 1.29 is 19.1 Å². The molecule has 2 aliphatic rings. The second-order valence-electron chi connectivity index (χ2n) is 6.45. The predicted molar refractivity (Wildman–Crippen MR) is 87.3 cm³/mol. The summed E-state index contributed by atoms with van der Waals surface area (Å²) in [5.74, 6) is -0.829. The number of fused-ring (bicyclic) bond motifs is 5. The number of rotatable bonds is 2. The van der Waals surface area contributed by atoms with Crippen LogP contribution >= 0.6 is 0 Å². The Kier molecular flexibility index (Phi) is 3.23. The van der Waals surface area contributed by atoms with Crippen LogP contribution in [0, 0.1) is 0 Å². The van der Waals surface area contributed by atoms with E-state index in [1.807, 2.05) is 48.5 Å². The lowest BCUT2D eigenvalue weighted by molar-refractivity contribution is -0.179. The van der Waals surface area contributed by atoms with Gasteiger partial charge >= 0.3 is 11.9 Å². The van der Waals surface area contributed by atoms with Crippen molar-refractivity contribution >= 4 is 11.9 Å². The second-order valence-corrected chi connectivity index (χ2v) is 6.45. The van der Waals surface area contributed by atoms with Crippen LogP contribution in [-0.4, -0.2) is 11.9 Å². The number of esters is 2. The van der Waals surface area contributed by atoms with E-state index < -0.39 is 11.7 Å². The van der Waals surface area contributed by atoms with Crippen LogP contribution in [0.25, 0.3) is 0 Å². The molecule has 0 aliphatic heterocycles. The molecule has 4 nitrogen and oxygen atoms in total. The van der Waals surface area contributed by atoms with Crippen molar-refractivity contribution in [2.75, 3.05) is 0 Å². The van der Waals surface area contributed by atoms with E-state index in [0.29, 0.717) is 6.42 Å². The number of carbonyl (C=O) groups is 2. The standard InChI is InChI=1S/C20H18O4/c1-12(21)23-19-15-8-4-3-7-14(15)11-20(24-13(2)22)17-10-6-5-9-16(17)18(19)20/h3-10,18-19H,11H2,1-2H3/t18-,19-,20+/m1/s1. The summed E-state index contributed by atoms with van der Waals surface area (Å²) in [6.07, 6.45) is 0.157. The Morgan fingerprint density at radius 1 is 0.958 bits per heavy atom. The van der Waals surface area contributed by atoms with E-state index in [-0.39, 0.29) is 17.9 Å². The van der Waals surface area contributed by atoms with Crippen molar-refractivity contribution in [3.63, 3.8) is 0 Å². The third kappa shape index (κ3) is 1.99. The molecule has 0 amide bonds. The molecular formula is C20H18O4. The molecule has 0 N–H and O–H groups in total. The summed E-state index contributed by atoms with van der Waals surface area (Å²) in [5.41, 5.74) is 3.39. The molecule has 0 fully saturated rings. The van der Waals surface area contributed by atoms with Gasteiger partial charge in [0.05, 0.1) is 5.92 Å². The van der Waals surface area contributed by atoms with E-state index in [9.17, 15) is 9.59 Å². The predicted octanol–water partition coefficient (Wildman–Crippen LogP) is 3.40. The molecule has 0 heterocycles. The van der Waals surface area contributed by atoms with E-state index in [2.05, 4.69) is 0 Å². The van der Waals surface area contributed by atoms with Crippen LogP contribution in [0.2, 0.25) is 0 Å². The fourth-order valence-electron chi connectivity index (χ4n) is 4.26. The lowest BCUT2D eigenvalue weighted by Gasteiger charge is -2.55. The lowest BCUT2D eigenvalue weighted by Crippen LogP contribution is -2.54. The summed E-state index contributed by atoms with van der Waals surface area (Å²) in [7, 11) is 0. The molecule has 0 radical (unpaired) electrons. The summed E-state index contributed by atoms with van der Waals surface area (Å²) in [5, 5.41) is 0. The van der Waals surface area contributed by atoms with Gasteiger partial charge in [0, 0.05) is 25.8 Å². The first-order valence-corrected chi connectivity index (χ1v) is 8.07. The molecule has 4 rings (SSSR count). The molecule has 2 aromatic rings. The van der Waals surface area contributed by atoms with Gasteiger partial charge < -0.3 is 9.47 Å². The Labute approximate surface area is 140 Å². The van der Waals surface area contributed by atoms with Gasteiger partial charge in [-0.2, -0.15) is 0 Å². The molecule has 0 bridgehead atoms. The normalized spacial score (nSPS) is 26.2. The highest BCUT2D eigenvalue weighted by molar-refractivity contribution is 5.70. The van der Waals surface area contributed by atoms with Gasteiger partial charge in [0.15, 0.2) is 5.60 Å². The van der Waals surface area contributed by atoms with E-state index in [0.717, 1.165) is 22.3 Å². The fourth-order valence-corrected chi connectivity index (χ4v) is 4.26. The third-order valence-corrected chi connectivity index (χ3v) is 4.99. The van der Waals surface area contributed by atoms with Crippen molar-refractivity contribution in [2.24, 2.45) is 0 Å². The Balaban J connectivity index is 1.91. The van der Waals surface area contributed by atoms with Crippen molar-refractivity contribution in [3.8, 4) is 0 Å². The van der Waals surface area contributed by atoms with E-state index in [4.69, 9.17) is 9.47 Å². The molecule has 0 spiro atoms. The zero-order chi connectivity index (χ0) is 16.9. The first-order valence-electron chi connectivity index (χ1n) is 8.07. The summed E-state index contributed by atoms with van der Waals surface area (Å²) in [6.45, 7) is 2.84. The molecular weight excluding hydrogens is 304 g/mol. The molecule has 3 atom stereocenters. The van der Waals surface area contributed by atoms with Gasteiger partial charge in [-0.15, -0.1) is 0 Å². The lowest BCUT2D eigenvalue weighted by atomic mass is 9.55. The Bertz CT molecular complexity index is 810. The average Bonchev–Trinajstić information content (AvgIpc) is 2.53. The van der Waals surface area contributed by atoms with Gasteiger partial charge in [0.1, 0.15) is 6.10 Å². The minimum Gasteiger partial charge on any atom is -0.457 e. The molecule has 0 aromatic heterocycles. The monoisotopic (exact) mass is 322 g/mol. The topological polar surface area (TPSA) is 52.6 Å². The summed E-state index contributed by atoms with van der Waals surface area (Å²) in [6, 6.07) is 15.8. The Morgan fingerprint density at radius 3 is 2.33 bits per heavy atom. The van der Waals surface area contributed by atoms with Gasteiger partial charge in [0.25, 0.3) is 0 Å². The van der Waals surface area contributed by atoms with E-state index in [1.54, 1.807) is 0 Å². The molecule has 0 saturated heterocycles. The van der Waals surface area contributed by atoms with Gasteiger partial charge in [-0.25, -0.2) is 0 Å². The number of benzene rings is 2. The molecule has 24 heavy (non-hydrogen) atoms. The van der Waals surface area contributed by atoms with Crippen molar-refractivity contribution in [1.82, 2.24) is 0 Å². The minimum absolute atomic E-state index is 0.170. The number of hydrogen-bond acceptors (Lipinski definition) is 4. The summed E-state index contributed by atoms with van der Waals surface area (Å²) in [4.78, 5) is 23.5. The smallest absolute Gasteiger partial charge is 0.303 e. The molecule has 0 saturated carbocycles. The molecule has 0 unspecified atom stereocenters. The quantitative estimate of drug-likeness (QED) is 0.795. The van der Waals surface area contributed by atoms with E-state index >= 15 is 0 Å². The van der Waals surface area contributed by atoms with Crippen LogP contribution in [0.3, 0.4) is 0 Å². The number of hydrogen-bond donors (Lipinski definition) is 0. The highest BCUT2D eigenvalue weighted by Crippen LogP contribution is 2.63. The maximum atomic E-state index is 11.8. The molecule has 2 aliphatic carbocycles. The average molecular weight is 322 g/mol. The Morgan fingerprint density at radius 2 is 1.62 bits per heavy atom. The first-order chi connectivity index (χ1) is 11.5. The maximum absolute atomic E-state index is 11.8. The largest absolute Gasteiger partial charge is 0.457 e. The number of ether oxygens (including phenoxy) is 2. The number of carbonyl (C=O) groups excluding carboxylic acids is 2. The van der Waals surface area contributed by atoms with E-state index in [1.165, 1.54) is 13.8 Å². The minimum atomic E-state index is -0.753. The van der Waals surface area contributed by atoms with Crippen LogP contribution in [-0.2, 0) is 31.1 Å². The van der Waals surface area contributed by atoms with Crippen LogP contribution in [0.5, 0.6) is 0 Å². The summed E-state index contributed by atoms with van der Waals surface area (Å²) >= 11 is 0. The van der Waals surface area contributed by atoms with Crippen LogP contribution in [0.4, 0.5) is 0 Å². The maximum Gasteiger partial charge on any atom is 0.303 e.